The van der Waals surface area contributed by atoms with Crippen molar-refractivity contribution in [3.8, 4) is 0 Å². The topological polar surface area (TPSA) is 76.9 Å². The summed E-state index contributed by atoms with van der Waals surface area (Å²) in [5.74, 6) is 0.421. The molecule has 0 atom stereocenters. The molecule has 5 rings (SSSR count). The third-order valence-electron chi connectivity index (χ3n) is 5.69. The third kappa shape index (κ3) is 4.99. The van der Waals surface area contributed by atoms with Gasteiger partial charge in [0.2, 0.25) is 5.91 Å². The van der Waals surface area contributed by atoms with Crippen LogP contribution in [0.2, 0.25) is 0 Å². The summed E-state index contributed by atoms with van der Waals surface area (Å²) in [4.78, 5) is 36.3. The number of rotatable bonds is 7. The second-order valence-corrected chi connectivity index (χ2v) is 10.5. The van der Waals surface area contributed by atoms with Crippen LogP contribution in [-0.2, 0) is 11.3 Å². The van der Waals surface area contributed by atoms with E-state index in [4.69, 9.17) is 4.98 Å². The van der Waals surface area contributed by atoms with E-state index in [0.717, 1.165) is 21.5 Å². The lowest BCUT2D eigenvalue weighted by atomic mass is 10.0. The van der Waals surface area contributed by atoms with Gasteiger partial charge in [0, 0.05) is 17.3 Å². The number of fused-ring (bicyclic) bond motifs is 3. The van der Waals surface area contributed by atoms with Gasteiger partial charge in [-0.2, -0.15) is 0 Å². The van der Waals surface area contributed by atoms with Gasteiger partial charge in [-0.15, -0.1) is 11.3 Å². The molecule has 0 bridgehead atoms. The molecule has 3 aromatic heterocycles. The normalized spacial score (nSPS) is 11.4. The van der Waals surface area contributed by atoms with Crippen molar-refractivity contribution in [2.75, 3.05) is 11.1 Å². The van der Waals surface area contributed by atoms with E-state index in [1.165, 1.54) is 28.7 Å². The number of nitrogens with one attached hydrogen (secondary N) is 1. The maximum absolute atomic E-state index is 13.5. The first-order valence-corrected chi connectivity index (χ1v) is 13.1. The van der Waals surface area contributed by atoms with Crippen LogP contribution in [-0.4, -0.2) is 26.2 Å². The Hall–Kier alpha value is -3.49. The fraction of sp³-hybridized carbons (Fsp3) is 0.185. The number of thiophene rings is 1. The van der Waals surface area contributed by atoms with E-state index in [1.807, 2.05) is 66.7 Å². The number of hydrogen-bond donors (Lipinski definition) is 1. The smallest absolute Gasteiger partial charge is 0.272 e. The van der Waals surface area contributed by atoms with E-state index in [0.29, 0.717) is 27.8 Å². The molecule has 0 spiro atoms. The Balaban J connectivity index is 1.45. The summed E-state index contributed by atoms with van der Waals surface area (Å²) in [7, 11) is 0. The number of nitrogens with zero attached hydrogens (tertiary/aromatic N) is 3. The summed E-state index contributed by atoms with van der Waals surface area (Å²) in [6.45, 7) is 4.65. The second kappa shape index (κ2) is 10.0. The molecule has 0 aliphatic carbocycles. The molecular weight excluding hydrogens is 476 g/mol. The van der Waals surface area contributed by atoms with Crippen molar-refractivity contribution in [1.29, 1.82) is 0 Å². The van der Waals surface area contributed by atoms with Crippen LogP contribution in [0.1, 0.15) is 30.9 Å². The zero-order chi connectivity index (χ0) is 24.4. The lowest BCUT2D eigenvalue weighted by molar-refractivity contribution is -0.113. The molecule has 35 heavy (non-hydrogen) atoms. The van der Waals surface area contributed by atoms with Gasteiger partial charge in [-0.1, -0.05) is 68.1 Å². The van der Waals surface area contributed by atoms with Gasteiger partial charge in [0.15, 0.2) is 5.16 Å². The van der Waals surface area contributed by atoms with Crippen molar-refractivity contribution in [3.05, 3.63) is 94.4 Å². The van der Waals surface area contributed by atoms with E-state index in [9.17, 15) is 9.59 Å². The van der Waals surface area contributed by atoms with E-state index in [2.05, 4.69) is 24.1 Å². The van der Waals surface area contributed by atoms with Crippen LogP contribution in [0.5, 0.6) is 0 Å². The van der Waals surface area contributed by atoms with Gasteiger partial charge >= 0.3 is 0 Å². The highest BCUT2D eigenvalue weighted by molar-refractivity contribution is 7.99. The highest BCUT2D eigenvalue weighted by Crippen LogP contribution is 2.30. The molecule has 0 aliphatic heterocycles. The largest absolute Gasteiger partial charge is 0.325 e. The average Bonchev–Trinajstić information content (AvgIpc) is 3.24. The summed E-state index contributed by atoms with van der Waals surface area (Å²) in [5.41, 5.74) is 3.48. The first-order valence-electron chi connectivity index (χ1n) is 11.3. The van der Waals surface area contributed by atoms with Crippen LogP contribution in [0.25, 0.3) is 20.4 Å². The number of carbonyl (C=O) groups excluding carboxylic acids is 1. The Morgan fingerprint density at radius 1 is 1.06 bits per heavy atom. The SMILES string of the molecule is CC(C)c1ccc(NC(=O)CSc2nc3c(sc4ncccc43)c(=O)n2Cc2ccccc2)cc1. The molecule has 0 fully saturated rings. The lowest BCUT2D eigenvalue weighted by Crippen LogP contribution is -2.24. The van der Waals surface area contributed by atoms with Crippen LogP contribution >= 0.6 is 23.1 Å². The molecule has 0 aliphatic rings. The molecule has 0 radical (unpaired) electrons. The van der Waals surface area contributed by atoms with Gasteiger partial charge in [-0.05, 0) is 41.3 Å². The van der Waals surface area contributed by atoms with Gasteiger partial charge < -0.3 is 5.32 Å². The molecular formula is C27H24N4O2S2. The number of pyridine rings is 1. The van der Waals surface area contributed by atoms with E-state index < -0.39 is 0 Å². The van der Waals surface area contributed by atoms with Crippen molar-refractivity contribution in [1.82, 2.24) is 14.5 Å². The second-order valence-electron chi connectivity index (χ2n) is 8.52. The zero-order valence-corrected chi connectivity index (χ0v) is 21.0. The number of carbonyl (C=O) groups is 1. The Bertz CT molecular complexity index is 1560. The van der Waals surface area contributed by atoms with Crippen molar-refractivity contribution in [2.45, 2.75) is 31.5 Å². The van der Waals surface area contributed by atoms with Gasteiger partial charge in [0.1, 0.15) is 9.53 Å². The van der Waals surface area contributed by atoms with Crippen LogP contribution in [0.4, 0.5) is 5.69 Å². The first kappa shape index (κ1) is 23.3. The number of aromatic nitrogens is 3. The fourth-order valence-corrected chi connectivity index (χ4v) is 5.66. The summed E-state index contributed by atoms with van der Waals surface area (Å²) in [6, 6.07) is 21.4. The highest BCUT2D eigenvalue weighted by atomic mass is 32.2. The van der Waals surface area contributed by atoms with Crippen LogP contribution in [0.3, 0.4) is 0 Å². The molecule has 1 amide bonds. The minimum absolute atomic E-state index is 0.117. The van der Waals surface area contributed by atoms with Gasteiger partial charge in [0.25, 0.3) is 5.56 Å². The number of hydrogen-bond acceptors (Lipinski definition) is 6. The summed E-state index contributed by atoms with van der Waals surface area (Å²) in [6.07, 6.45) is 1.72. The van der Waals surface area contributed by atoms with Crippen molar-refractivity contribution >= 4 is 55.1 Å². The van der Waals surface area contributed by atoms with Crippen LogP contribution < -0.4 is 10.9 Å². The van der Waals surface area contributed by atoms with E-state index in [-0.39, 0.29) is 17.2 Å². The van der Waals surface area contributed by atoms with Crippen molar-refractivity contribution in [3.63, 3.8) is 0 Å². The summed E-state index contributed by atoms with van der Waals surface area (Å²) in [5, 5.41) is 4.31. The van der Waals surface area contributed by atoms with Gasteiger partial charge in [-0.3, -0.25) is 14.2 Å². The third-order valence-corrected chi connectivity index (χ3v) is 7.76. The maximum atomic E-state index is 13.5. The minimum Gasteiger partial charge on any atom is -0.325 e. The molecule has 0 saturated heterocycles. The number of benzene rings is 2. The molecule has 5 aromatic rings. The monoisotopic (exact) mass is 500 g/mol. The molecule has 6 nitrogen and oxygen atoms in total. The van der Waals surface area contributed by atoms with Crippen LogP contribution in [0, 0.1) is 0 Å². The lowest BCUT2D eigenvalue weighted by Gasteiger charge is -2.12. The summed E-state index contributed by atoms with van der Waals surface area (Å²) >= 11 is 2.62. The van der Waals surface area contributed by atoms with Crippen molar-refractivity contribution < 1.29 is 4.79 Å². The summed E-state index contributed by atoms with van der Waals surface area (Å²) < 4.78 is 2.23. The number of thioether (sulfide) groups is 1. The molecule has 0 unspecified atom stereocenters. The Labute approximate surface area is 211 Å². The van der Waals surface area contributed by atoms with E-state index in [1.54, 1.807) is 10.8 Å². The van der Waals surface area contributed by atoms with Crippen molar-refractivity contribution in [2.24, 2.45) is 0 Å². The molecule has 2 aromatic carbocycles. The molecule has 0 saturated carbocycles. The van der Waals surface area contributed by atoms with Gasteiger partial charge in [-0.25, -0.2) is 9.97 Å². The predicted octanol–water partition coefficient (Wildman–Crippen LogP) is 5.91. The quantitative estimate of drug-likeness (QED) is 0.222. The Morgan fingerprint density at radius 3 is 2.57 bits per heavy atom. The number of amides is 1. The average molecular weight is 501 g/mol. The van der Waals surface area contributed by atoms with Crippen LogP contribution in [0.15, 0.2) is 82.9 Å². The first-order chi connectivity index (χ1) is 17.0. The fourth-order valence-electron chi connectivity index (χ4n) is 3.84. The molecule has 176 valence electrons. The minimum atomic E-state index is -0.148. The van der Waals surface area contributed by atoms with E-state index >= 15 is 0 Å². The highest BCUT2D eigenvalue weighted by Gasteiger charge is 2.18. The Kier molecular flexibility index (Phi) is 6.66. The zero-order valence-electron chi connectivity index (χ0n) is 19.4. The van der Waals surface area contributed by atoms with Gasteiger partial charge in [0.05, 0.1) is 17.8 Å². The number of anilines is 1. The predicted molar refractivity (Wildman–Crippen MR) is 145 cm³/mol. The molecule has 3 heterocycles. The standard InChI is InChI=1S/C27H24N4O2S2/c1-17(2)19-10-12-20(13-11-19)29-22(32)16-34-27-30-23-21-9-6-14-28-25(21)35-24(23)26(33)31(27)15-18-7-4-3-5-8-18/h3-14,17H,15-16H2,1-2H3,(H,29,32). The molecule has 8 heteroatoms. The Morgan fingerprint density at radius 2 is 1.83 bits per heavy atom. The molecule has 1 N–H and O–H groups in total. The maximum Gasteiger partial charge on any atom is 0.272 e.